The van der Waals surface area contributed by atoms with E-state index in [4.69, 9.17) is 23.2 Å². The first-order valence-electron chi connectivity index (χ1n) is 10.6. The number of nitrogens with one attached hydrogen (secondary N) is 2. The number of sulfonamides is 1. The van der Waals surface area contributed by atoms with Gasteiger partial charge in [-0.2, -0.15) is 4.31 Å². The molecule has 0 bridgehead atoms. The molecule has 1 aliphatic rings. The third-order valence-corrected chi connectivity index (χ3v) is 8.39. The van der Waals surface area contributed by atoms with Crippen LogP contribution in [-0.2, 0) is 20.2 Å². The van der Waals surface area contributed by atoms with E-state index in [1.54, 1.807) is 30.3 Å². The SMILES string of the molecule is C[C@@H](C(=O)Nc1cc(Cl)ccc1Cl)[NH+]1CCN(S(=O)(=O)c2ccc(C(C)(C)C)cc2)CC1. The summed E-state index contributed by atoms with van der Waals surface area (Å²) in [6, 6.07) is 11.7. The zero-order valence-corrected chi connectivity index (χ0v) is 21.1. The van der Waals surface area contributed by atoms with Crippen LogP contribution in [0.3, 0.4) is 0 Å². The summed E-state index contributed by atoms with van der Waals surface area (Å²) in [5, 5.41) is 3.73. The third-order valence-electron chi connectivity index (χ3n) is 5.91. The molecule has 1 fully saturated rings. The highest BCUT2D eigenvalue weighted by Gasteiger charge is 2.34. The van der Waals surface area contributed by atoms with Gasteiger partial charge in [-0.1, -0.05) is 56.1 Å². The second-order valence-electron chi connectivity index (χ2n) is 9.17. The first kappa shape index (κ1) is 25.0. The minimum Gasteiger partial charge on any atom is -0.323 e. The van der Waals surface area contributed by atoms with Crippen molar-refractivity contribution in [3.8, 4) is 0 Å². The van der Waals surface area contributed by atoms with Gasteiger partial charge < -0.3 is 10.2 Å². The van der Waals surface area contributed by atoms with Crippen molar-refractivity contribution in [3.63, 3.8) is 0 Å². The van der Waals surface area contributed by atoms with Crippen molar-refractivity contribution in [2.24, 2.45) is 0 Å². The molecule has 1 saturated heterocycles. The average molecular weight is 499 g/mol. The van der Waals surface area contributed by atoms with E-state index in [0.29, 0.717) is 46.8 Å². The van der Waals surface area contributed by atoms with Crippen LogP contribution in [0.2, 0.25) is 10.0 Å². The van der Waals surface area contributed by atoms with Crippen molar-refractivity contribution >= 4 is 44.8 Å². The number of anilines is 1. The van der Waals surface area contributed by atoms with Gasteiger partial charge in [0.1, 0.15) is 0 Å². The maximum absolute atomic E-state index is 13.1. The van der Waals surface area contributed by atoms with E-state index < -0.39 is 10.0 Å². The molecule has 174 valence electrons. The smallest absolute Gasteiger partial charge is 0.282 e. The van der Waals surface area contributed by atoms with Crippen molar-refractivity contribution in [2.75, 3.05) is 31.5 Å². The predicted octanol–water partition coefficient (Wildman–Crippen LogP) is 3.21. The zero-order valence-electron chi connectivity index (χ0n) is 18.8. The molecule has 0 saturated carbocycles. The van der Waals surface area contributed by atoms with Crippen LogP contribution in [0.1, 0.15) is 33.3 Å². The first-order chi connectivity index (χ1) is 14.9. The molecule has 0 aromatic heterocycles. The summed E-state index contributed by atoms with van der Waals surface area (Å²) in [7, 11) is -3.57. The Hall–Kier alpha value is -1.64. The number of benzene rings is 2. The van der Waals surface area contributed by atoms with E-state index in [9.17, 15) is 13.2 Å². The molecule has 0 aliphatic carbocycles. The maximum Gasteiger partial charge on any atom is 0.282 e. The molecule has 0 spiro atoms. The molecule has 0 unspecified atom stereocenters. The van der Waals surface area contributed by atoms with Gasteiger partial charge in [0.25, 0.3) is 5.91 Å². The zero-order chi connectivity index (χ0) is 23.7. The van der Waals surface area contributed by atoms with Crippen LogP contribution in [-0.4, -0.2) is 50.9 Å². The third kappa shape index (κ3) is 5.64. The number of halogens is 2. The molecule has 32 heavy (non-hydrogen) atoms. The largest absolute Gasteiger partial charge is 0.323 e. The summed E-state index contributed by atoms with van der Waals surface area (Å²) < 4.78 is 27.7. The topological polar surface area (TPSA) is 70.9 Å². The molecule has 0 radical (unpaired) electrons. The normalized spacial score (nSPS) is 17.2. The molecule has 1 heterocycles. The molecule has 1 amide bonds. The molecule has 9 heteroatoms. The fourth-order valence-corrected chi connectivity index (χ4v) is 5.52. The van der Waals surface area contributed by atoms with Gasteiger partial charge in [-0.15, -0.1) is 0 Å². The summed E-state index contributed by atoms with van der Waals surface area (Å²) in [5.41, 5.74) is 1.52. The fourth-order valence-electron chi connectivity index (χ4n) is 3.74. The molecule has 2 aromatic rings. The summed E-state index contributed by atoms with van der Waals surface area (Å²) in [6.07, 6.45) is 0. The summed E-state index contributed by atoms with van der Waals surface area (Å²) in [5.74, 6) is -0.182. The number of hydrogen-bond acceptors (Lipinski definition) is 3. The van der Waals surface area contributed by atoms with Gasteiger partial charge in [-0.05, 0) is 48.2 Å². The van der Waals surface area contributed by atoms with Crippen LogP contribution < -0.4 is 10.2 Å². The lowest BCUT2D eigenvalue weighted by molar-refractivity contribution is -0.917. The van der Waals surface area contributed by atoms with Gasteiger partial charge in [-0.3, -0.25) is 4.79 Å². The quantitative estimate of drug-likeness (QED) is 0.664. The molecule has 1 aliphatic heterocycles. The van der Waals surface area contributed by atoms with E-state index in [0.717, 1.165) is 10.5 Å². The Morgan fingerprint density at radius 3 is 2.22 bits per heavy atom. The highest BCUT2D eigenvalue weighted by Crippen LogP contribution is 2.26. The van der Waals surface area contributed by atoms with Crippen molar-refractivity contribution in [1.29, 1.82) is 0 Å². The van der Waals surface area contributed by atoms with Gasteiger partial charge >= 0.3 is 0 Å². The standard InChI is InChI=1S/C23H29Cl2N3O3S/c1-16(22(29)26-21-15-18(24)7-10-20(21)25)27-11-13-28(14-12-27)32(30,31)19-8-5-17(6-9-19)23(2,3)4/h5-10,15-16H,11-14H2,1-4H3,(H,26,29)/p+1/t16-/m0/s1. The Morgan fingerprint density at radius 1 is 1.06 bits per heavy atom. The number of rotatable bonds is 5. The molecule has 2 N–H and O–H groups in total. The minimum absolute atomic E-state index is 0.0384. The Morgan fingerprint density at radius 2 is 1.66 bits per heavy atom. The van der Waals surface area contributed by atoms with E-state index in [1.165, 1.54) is 4.31 Å². The second kappa shape index (κ2) is 9.69. The van der Waals surface area contributed by atoms with Crippen molar-refractivity contribution in [1.82, 2.24) is 4.31 Å². The van der Waals surface area contributed by atoms with Crippen molar-refractivity contribution in [3.05, 3.63) is 58.1 Å². The van der Waals surface area contributed by atoms with Crippen molar-refractivity contribution < 1.29 is 18.1 Å². The number of nitrogens with zero attached hydrogens (tertiary/aromatic N) is 1. The Labute approximate surface area is 200 Å². The first-order valence-corrected chi connectivity index (χ1v) is 12.8. The van der Waals surface area contributed by atoms with E-state index >= 15 is 0 Å². The van der Waals surface area contributed by atoms with Crippen LogP contribution in [0.25, 0.3) is 0 Å². The van der Waals surface area contributed by atoms with Crippen LogP contribution >= 0.6 is 23.2 Å². The molecule has 1 atom stereocenters. The van der Waals surface area contributed by atoms with Crippen LogP contribution in [0.4, 0.5) is 5.69 Å². The van der Waals surface area contributed by atoms with E-state index in [-0.39, 0.29) is 17.4 Å². The van der Waals surface area contributed by atoms with Crippen LogP contribution in [0.15, 0.2) is 47.4 Å². The van der Waals surface area contributed by atoms with Gasteiger partial charge in [-0.25, -0.2) is 8.42 Å². The van der Waals surface area contributed by atoms with Crippen LogP contribution in [0.5, 0.6) is 0 Å². The number of hydrogen-bond donors (Lipinski definition) is 2. The lowest BCUT2D eigenvalue weighted by atomic mass is 9.87. The van der Waals surface area contributed by atoms with Gasteiger partial charge in [0, 0.05) is 5.02 Å². The number of carbonyl (C=O) groups is 1. The Kier molecular flexibility index (Phi) is 7.57. The fraction of sp³-hybridized carbons (Fsp3) is 0.435. The van der Waals surface area contributed by atoms with Gasteiger partial charge in [0.05, 0.1) is 41.8 Å². The lowest BCUT2D eigenvalue weighted by Gasteiger charge is -2.34. The molecule has 6 nitrogen and oxygen atoms in total. The van der Waals surface area contributed by atoms with E-state index in [2.05, 4.69) is 26.1 Å². The minimum atomic E-state index is -3.57. The highest BCUT2D eigenvalue weighted by atomic mass is 35.5. The lowest BCUT2D eigenvalue weighted by Crippen LogP contribution is -3.19. The number of piperazine rings is 1. The molecule has 3 rings (SSSR count). The monoisotopic (exact) mass is 498 g/mol. The number of amides is 1. The van der Waals surface area contributed by atoms with Crippen LogP contribution in [0, 0.1) is 0 Å². The molecule has 2 aromatic carbocycles. The van der Waals surface area contributed by atoms with Gasteiger partial charge in [0.2, 0.25) is 10.0 Å². The Bertz CT molecular complexity index is 1070. The number of carbonyl (C=O) groups excluding carboxylic acids is 1. The molecular weight excluding hydrogens is 469 g/mol. The second-order valence-corrected chi connectivity index (χ2v) is 12.0. The number of quaternary nitrogens is 1. The van der Waals surface area contributed by atoms with Gasteiger partial charge in [0.15, 0.2) is 6.04 Å². The highest BCUT2D eigenvalue weighted by molar-refractivity contribution is 7.89. The van der Waals surface area contributed by atoms with Crippen molar-refractivity contribution in [2.45, 2.75) is 44.0 Å². The molecular formula is C23H30Cl2N3O3S+. The summed E-state index contributed by atoms with van der Waals surface area (Å²) in [4.78, 5) is 14.0. The summed E-state index contributed by atoms with van der Waals surface area (Å²) in [6.45, 7) is 9.90. The predicted molar refractivity (Wildman–Crippen MR) is 129 cm³/mol. The Balaban J connectivity index is 1.62. The maximum atomic E-state index is 13.1. The summed E-state index contributed by atoms with van der Waals surface area (Å²) >= 11 is 12.1. The average Bonchev–Trinajstić information content (AvgIpc) is 2.75. The van der Waals surface area contributed by atoms with E-state index in [1.807, 2.05) is 19.1 Å².